The number of benzene rings is 9. The average molecular weight is 794 g/mol. The number of hydrogen-bond acceptors (Lipinski definition) is 5. The molecule has 0 aliphatic rings. The molecule has 0 radical (unpaired) electrons. The molecule has 0 unspecified atom stereocenters. The quantitative estimate of drug-likeness (QED) is 0.161. The van der Waals surface area contributed by atoms with E-state index in [0.29, 0.717) is 23.4 Å². The van der Waals surface area contributed by atoms with E-state index >= 15 is 0 Å². The van der Waals surface area contributed by atoms with Crippen LogP contribution < -0.4 is 0 Å². The Kier molecular flexibility index (Phi) is 8.38. The third kappa shape index (κ3) is 5.96. The first-order valence-corrected chi connectivity index (χ1v) is 20.7. The monoisotopic (exact) mass is 793 g/mol. The van der Waals surface area contributed by atoms with E-state index in [0.717, 1.165) is 83.1 Å². The number of para-hydroxylation sites is 2. The smallest absolute Gasteiger partial charge is 0.227 e. The van der Waals surface area contributed by atoms with E-state index in [1.165, 1.54) is 10.8 Å². The second-order valence-electron chi connectivity index (χ2n) is 15.4. The second-order valence-corrected chi connectivity index (χ2v) is 15.4. The minimum atomic E-state index is 0.571. The Morgan fingerprint density at radius 3 is 1.55 bits per heavy atom. The Morgan fingerprint density at radius 2 is 0.871 bits per heavy atom. The first kappa shape index (κ1) is 35.5. The van der Waals surface area contributed by atoms with Crippen LogP contribution >= 0.6 is 0 Å². The summed E-state index contributed by atoms with van der Waals surface area (Å²) in [7, 11) is 0. The minimum Gasteiger partial charge on any atom is -0.435 e. The SMILES string of the molecule is c1ccc(-c2nc3ccc4cccc(-c5ccccc5-c5nc(-c6ccc(-n7c8ccccc8c8ccccc87)cc6)nc(-c6ccccc6-c6ccccc6)n5)c4c3o2)cc1. The molecule has 12 rings (SSSR count). The summed E-state index contributed by atoms with van der Waals surface area (Å²) in [6.07, 6.45) is 0. The molecule has 0 saturated heterocycles. The Hall–Kier alpha value is -8.48. The van der Waals surface area contributed by atoms with E-state index in [-0.39, 0.29) is 0 Å². The molecule has 290 valence electrons. The zero-order valence-corrected chi connectivity index (χ0v) is 33.4. The number of hydrogen-bond donors (Lipinski definition) is 0. The number of fused-ring (bicyclic) bond motifs is 6. The van der Waals surface area contributed by atoms with Crippen molar-refractivity contribution in [1.82, 2.24) is 24.5 Å². The van der Waals surface area contributed by atoms with E-state index in [1.807, 2.05) is 54.6 Å². The van der Waals surface area contributed by atoms with Gasteiger partial charge in [-0.15, -0.1) is 0 Å². The molecule has 0 amide bonds. The number of aromatic nitrogens is 5. The van der Waals surface area contributed by atoms with Gasteiger partial charge in [0.1, 0.15) is 5.52 Å². The van der Waals surface area contributed by atoms with Crippen LogP contribution in [0.5, 0.6) is 0 Å². The van der Waals surface area contributed by atoms with Gasteiger partial charge in [0, 0.05) is 44.1 Å². The molecule has 0 N–H and O–H groups in total. The largest absolute Gasteiger partial charge is 0.435 e. The summed E-state index contributed by atoms with van der Waals surface area (Å²) in [4.78, 5) is 20.8. The molecule has 0 aliphatic heterocycles. The lowest BCUT2D eigenvalue weighted by Crippen LogP contribution is -2.02. The molecule has 62 heavy (non-hydrogen) atoms. The van der Waals surface area contributed by atoms with Gasteiger partial charge in [-0.2, -0.15) is 0 Å². The van der Waals surface area contributed by atoms with Crippen LogP contribution in [0, 0.1) is 0 Å². The average Bonchev–Trinajstić information content (AvgIpc) is 3.95. The van der Waals surface area contributed by atoms with Crippen molar-refractivity contribution in [3.05, 3.63) is 212 Å². The predicted molar refractivity (Wildman–Crippen MR) is 252 cm³/mol. The maximum absolute atomic E-state index is 6.61. The van der Waals surface area contributed by atoms with E-state index < -0.39 is 0 Å². The predicted octanol–water partition coefficient (Wildman–Crippen LogP) is 14.3. The lowest BCUT2D eigenvalue weighted by molar-refractivity contribution is 0.623. The van der Waals surface area contributed by atoms with E-state index in [2.05, 4.69) is 162 Å². The summed E-state index contributed by atoms with van der Waals surface area (Å²) in [5, 5.41) is 4.48. The Balaban J connectivity index is 1.05. The van der Waals surface area contributed by atoms with Crippen LogP contribution in [0.3, 0.4) is 0 Å². The highest BCUT2D eigenvalue weighted by atomic mass is 16.3. The van der Waals surface area contributed by atoms with Crippen molar-refractivity contribution in [3.63, 3.8) is 0 Å². The summed E-state index contributed by atoms with van der Waals surface area (Å²) in [5.74, 6) is 2.33. The molecule has 0 bridgehead atoms. The highest BCUT2D eigenvalue weighted by molar-refractivity contribution is 6.13. The molecule has 3 aromatic heterocycles. The van der Waals surface area contributed by atoms with Crippen LogP contribution in [0.1, 0.15) is 0 Å². The topological polar surface area (TPSA) is 69.6 Å². The Morgan fingerprint density at radius 1 is 0.339 bits per heavy atom. The Labute approximate surface area is 357 Å². The van der Waals surface area contributed by atoms with Gasteiger partial charge in [0.2, 0.25) is 5.89 Å². The summed E-state index contributed by atoms with van der Waals surface area (Å²) in [6.45, 7) is 0. The van der Waals surface area contributed by atoms with E-state index in [1.54, 1.807) is 0 Å². The molecule has 12 aromatic rings. The number of nitrogens with zero attached hydrogens (tertiary/aromatic N) is 5. The van der Waals surface area contributed by atoms with Crippen LogP contribution in [-0.4, -0.2) is 24.5 Å². The van der Waals surface area contributed by atoms with Crippen molar-refractivity contribution in [2.75, 3.05) is 0 Å². The van der Waals surface area contributed by atoms with Crippen molar-refractivity contribution in [2.24, 2.45) is 0 Å². The van der Waals surface area contributed by atoms with Gasteiger partial charge in [-0.05, 0) is 82.2 Å². The fourth-order valence-electron chi connectivity index (χ4n) is 8.85. The van der Waals surface area contributed by atoms with Gasteiger partial charge in [0.05, 0.1) is 11.0 Å². The summed E-state index contributed by atoms with van der Waals surface area (Å²) in [5.41, 5.74) is 12.6. The van der Waals surface area contributed by atoms with Gasteiger partial charge in [0.15, 0.2) is 23.1 Å². The lowest BCUT2D eigenvalue weighted by Gasteiger charge is -2.15. The Bertz CT molecular complexity index is 3580. The fraction of sp³-hybridized carbons (Fsp3) is 0. The molecular formula is C56H35N5O. The van der Waals surface area contributed by atoms with E-state index in [4.69, 9.17) is 24.4 Å². The van der Waals surface area contributed by atoms with E-state index in [9.17, 15) is 0 Å². The van der Waals surface area contributed by atoms with Gasteiger partial charge in [-0.25, -0.2) is 19.9 Å². The molecular weight excluding hydrogens is 759 g/mol. The zero-order valence-electron chi connectivity index (χ0n) is 33.4. The van der Waals surface area contributed by atoms with Crippen molar-refractivity contribution in [2.45, 2.75) is 0 Å². The normalized spacial score (nSPS) is 11.5. The van der Waals surface area contributed by atoms with Gasteiger partial charge >= 0.3 is 0 Å². The third-order valence-electron chi connectivity index (χ3n) is 11.7. The van der Waals surface area contributed by atoms with Crippen LogP contribution in [0.15, 0.2) is 217 Å². The van der Waals surface area contributed by atoms with Crippen molar-refractivity contribution in [1.29, 1.82) is 0 Å². The highest BCUT2D eigenvalue weighted by Gasteiger charge is 2.21. The second kappa shape index (κ2) is 14.7. The molecule has 0 spiro atoms. The third-order valence-corrected chi connectivity index (χ3v) is 11.7. The molecule has 0 atom stereocenters. The summed E-state index contributed by atoms with van der Waals surface area (Å²) in [6, 6.07) is 73.3. The molecule has 0 aliphatic carbocycles. The first-order valence-electron chi connectivity index (χ1n) is 20.7. The van der Waals surface area contributed by atoms with Gasteiger partial charge in [-0.1, -0.05) is 158 Å². The van der Waals surface area contributed by atoms with Crippen LogP contribution in [0.2, 0.25) is 0 Å². The molecule has 3 heterocycles. The standard InChI is InChI=1S/C56H35N5O/c1-3-16-36(17-4-1)41-21-7-9-25-46(41)54-58-53(38-30-33-40(34-31-38)61-49-28-13-11-23-43(49)44-24-12-14-29-50(44)61)59-55(60-54)47-26-10-8-22-42(47)45-27-15-20-37-32-35-48-52(51(37)45)62-56(57-48)39-18-5-2-6-19-39/h1-35H. The minimum absolute atomic E-state index is 0.571. The fourth-order valence-corrected chi connectivity index (χ4v) is 8.85. The zero-order chi connectivity index (χ0) is 41.0. The van der Waals surface area contributed by atoms with Gasteiger partial charge in [0.25, 0.3) is 0 Å². The van der Waals surface area contributed by atoms with Gasteiger partial charge < -0.3 is 8.98 Å². The van der Waals surface area contributed by atoms with Crippen LogP contribution in [0.25, 0.3) is 117 Å². The van der Waals surface area contributed by atoms with Crippen molar-refractivity contribution >= 4 is 43.7 Å². The molecule has 0 fully saturated rings. The summed E-state index contributed by atoms with van der Waals surface area (Å²) < 4.78 is 8.94. The van der Waals surface area contributed by atoms with Crippen molar-refractivity contribution in [3.8, 4) is 73.6 Å². The molecule has 9 aromatic carbocycles. The number of oxazole rings is 1. The maximum Gasteiger partial charge on any atom is 0.227 e. The lowest BCUT2D eigenvalue weighted by atomic mass is 9.93. The molecule has 0 saturated carbocycles. The number of rotatable bonds is 7. The maximum atomic E-state index is 6.61. The van der Waals surface area contributed by atoms with Crippen LogP contribution in [0.4, 0.5) is 0 Å². The van der Waals surface area contributed by atoms with Gasteiger partial charge in [-0.3, -0.25) is 0 Å². The molecule has 6 heteroatoms. The molecule has 6 nitrogen and oxygen atoms in total. The van der Waals surface area contributed by atoms with Crippen LogP contribution in [-0.2, 0) is 0 Å². The van der Waals surface area contributed by atoms with Crippen molar-refractivity contribution < 1.29 is 4.42 Å². The first-order chi connectivity index (χ1) is 30.7. The highest BCUT2D eigenvalue weighted by Crippen LogP contribution is 2.41. The summed E-state index contributed by atoms with van der Waals surface area (Å²) >= 11 is 0.